The molecule has 3 nitrogen and oxygen atoms in total. The molecule has 0 spiro atoms. The average Bonchev–Trinajstić information content (AvgIpc) is 2.56. The summed E-state index contributed by atoms with van der Waals surface area (Å²) < 4.78 is 5.05. The van der Waals surface area contributed by atoms with Crippen molar-refractivity contribution in [2.45, 2.75) is 27.2 Å². The van der Waals surface area contributed by atoms with Crippen LogP contribution in [0.1, 0.15) is 27.2 Å². The third-order valence-electron chi connectivity index (χ3n) is 2.88. The normalized spacial score (nSPS) is 23.2. The van der Waals surface area contributed by atoms with E-state index in [0.717, 1.165) is 19.5 Å². The quantitative estimate of drug-likeness (QED) is 0.671. The van der Waals surface area contributed by atoms with Crippen LogP contribution >= 0.6 is 0 Å². The predicted molar refractivity (Wildman–Crippen MR) is 51.4 cm³/mol. The van der Waals surface area contributed by atoms with E-state index in [9.17, 15) is 4.79 Å². The van der Waals surface area contributed by atoms with Crippen molar-refractivity contribution < 1.29 is 9.53 Å². The number of nitrogens with one attached hydrogen (secondary N) is 1. The summed E-state index contributed by atoms with van der Waals surface area (Å²) in [7, 11) is 0. The van der Waals surface area contributed by atoms with Crippen molar-refractivity contribution in [3.63, 3.8) is 0 Å². The highest BCUT2D eigenvalue weighted by Gasteiger charge is 2.39. The zero-order valence-corrected chi connectivity index (χ0v) is 8.72. The zero-order valence-electron chi connectivity index (χ0n) is 8.72. The highest BCUT2D eigenvalue weighted by atomic mass is 16.5. The van der Waals surface area contributed by atoms with Gasteiger partial charge in [-0.15, -0.1) is 0 Å². The van der Waals surface area contributed by atoms with Crippen molar-refractivity contribution in [3.05, 3.63) is 0 Å². The van der Waals surface area contributed by atoms with Gasteiger partial charge in [0.2, 0.25) is 0 Å². The molecule has 0 saturated carbocycles. The summed E-state index contributed by atoms with van der Waals surface area (Å²) in [5.74, 6) is 0.357. The Hall–Kier alpha value is -0.570. The van der Waals surface area contributed by atoms with E-state index < -0.39 is 0 Å². The lowest BCUT2D eigenvalue weighted by Gasteiger charge is -2.28. The standard InChI is InChI=1S/C10H19NO2/c1-4-13-9(12)10(2,3)8-5-6-11-7-8/h8,11H,4-7H2,1-3H3/t8-/m0/s1. The summed E-state index contributed by atoms with van der Waals surface area (Å²) in [6.07, 6.45) is 1.08. The molecule has 0 bridgehead atoms. The molecule has 1 atom stereocenters. The molecule has 0 aliphatic carbocycles. The predicted octanol–water partition coefficient (Wildman–Crippen LogP) is 1.19. The molecule has 1 aliphatic rings. The fraction of sp³-hybridized carbons (Fsp3) is 0.900. The van der Waals surface area contributed by atoms with Crippen LogP contribution in [0.5, 0.6) is 0 Å². The summed E-state index contributed by atoms with van der Waals surface area (Å²) in [4.78, 5) is 11.6. The molecule has 1 rings (SSSR count). The van der Waals surface area contributed by atoms with Gasteiger partial charge >= 0.3 is 5.97 Å². The molecule has 0 aromatic carbocycles. The Labute approximate surface area is 79.8 Å². The van der Waals surface area contributed by atoms with Gasteiger partial charge < -0.3 is 10.1 Å². The van der Waals surface area contributed by atoms with E-state index in [2.05, 4.69) is 5.32 Å². The number of hydrogen-bond acceptors (Lipinski definition) is 3. The summed E-state index contributed by atoms with van der Waals surface area (Å²) in [5.41, 5.74) is -0.334. The minimum absolute atomic E-state index is 0.0660. The Kier molecular flexibility index (Phi) is 3.31. The van der Waals surface area contributed by atoms with Gasteiger partial charge in [-0.1, -0.05) is 0 Å². The van der Waals surface area contributed by atoms with Crippen LogP contribution in [0.2, 0.25) is 0 Å². The Morgan fingerprint density at radius 2 is 2.31 bits per heavy atom. The third kappa shape index (κ3) is 2.21. The van der Waals surface area contributed by atoms with Crippen LogP contribution in [0, 0.1) is 11.3 Å². The van der Waals surface area contributed by atoms with Gasteiger partial charge in [0.05, 0.1) is 12.0 Å². The van der Waals surface area contributed by atoms with Crippen LogP contribution in [0.4, 0.5) is 0 Å². The van der Waals surface area contributed by atoms with E-state index in [1.165, 1.54) is 0 Å². The highest BCUT2D eigenvalue weighted by Crippen LogP contribution is 2.32. The van der Waals surface area contributed by atoms with E-state index in [1.807, 2.05) is 20.8 Å². The summed E-state index contributed by atoms with van der Waals surface area (Å²) in [6, 6.07) is 0. The van der Waals surface area contributed by atoms with Crippen molar-refractivity contribution in [1.29, 1.82) is 0 Å². The number of rotatable bonds is 3. The van der Waals surface area contributed by atoms with Crippen LogP contribution in [0.3, 0.4) is 0 Å². The van der Waals surface area contributed by atoms with Gasteiger partial charge in [-0.3, -0.25) is 4.79 Å². The van der Waals surface area contributed by atoms with Crippen molar-refractivity contribution in [2.24, 2.45) is 11.3 Å². The maximum Gasteiger partial charge on any atom is 0.311 e. The first-order valence-corrected chi connectivity index (χ1v) is 4.97. The molecule has 1 fully saturated rings. The van der Waals surface area contributed by atoms with Gasteiger partial charge in [0.1, 0.15) is 0 Å². The molecule has 0 amide bonds. The van der Waals surface area contributed by atoms with E-state index >= 15 is 0 Å². The lowest BCUT2D eigenvalue weighted by molar-refractivity contribution is -0.156. The second-order valence-electron chi connectivity index (χ2n) is 4.13. The summed E-state index contributed by atoms with van der Waals surface area (Å²) in [6.45, 7) is 8.23. The lowest BCUT2D eigenvalue weighted by atomic mass is 9.78. The highest BCUT2D eigenvalue weighted by molar-refractivity contribution is 5.76. The number of carbonyl (C=O) groups excluding carboxylic acids is 1. The SMILES string of the molecule is CCOC(=O)C(C)(C)[C@H]1CCNC1. The molecule has 1 aliphatic heterocycles. The van der Waals surface area contributed by atoms with Crippen LogP contribution < -0.4 is 5.32 Å². The molecule has 0 unspecified atom stereocenters. The first-order valence-electron chi connectivity index (χ1n) is 4.97. The van der Waals surface area contributed by atoms with Crippen molar-refractivity contribution in [2.75, 3.05) is 19.7 Å². The molecule has 0 aromatic rings. The van der Waals surface area contributed by atoms with E-state index in [0.29, 0.717) is 12.5 Å². The Morgan fingerprint density at radius 1 is 1.62 bits per heavy atom. The second-order valence-corrected chi connectivity index (χ2v) is 4.13. The number of ether oxygens (including phenoxy) is 1. The molecule has 76 valence electrons. The number of esters is 1. The van der Waals surface area contributed by atoms with Crippen molar-refractivity contribution in [1.82, 2.24) is 5.32 Å². The number of carbonyl (C=O) groups is 1. The van der Waals surface area contributed by atoms with Crippen LogP contribution in [-0.4, -0.2) is 25.7 Å². The van der Waals surface area contributed by atoms with Gasteiger partial charge in [-0.2, -0.15) is 0 Å². The summed E-state index contributed by atoms with van der Waals surface area (Å²) in [5, 5.41) is 3.27. The first-order chi connectivity index (χ1) is 6.09. The first kappa shape index (κ1) is 10.5. The Bertz CT molecular complexity index is 183. The third-order valence-corrected chi connectivity index (χ3v) is 2.88. The molecular formula is C10H19NO2. The van der Waals surface area contributed by atoms with E-state index in [-0.39, 0.29) is 11.4 Å². The molecule has 1 N–H and O–H groups in total. The topological polar surface area (TPSA) is 38.3 Å². The van der Waals surface area contributed by atoms with Crippen molar-refractivity contribution >= 4 is 5.97 Å². The average molecular weight is 185 g/mol. The smallest absolute Gasteiger partial charge is 0.311 e. The van der Waals surface area contributed by atoms with Crippen LogP contribution in [0.15, 0.2) is 0 Å². The Balaban J connectivity index is 2.57. The molecule has 13 heavy (non-hydrogen) atoms. The zero-order chi connectivity index (χ0) is 9.90. The molecular weight excluding hydrogens is 166 g/mol. The van der Waals surface area contributed by atoms with Gasteiger partial charge in [0.15, 0.2) is 0 Å². The van der Waals surface area contributed by atoms with Gasteiger partial charge in [0, 0.05) is 0 Å². The molecule has 3 heteroatoms. The van der Waals surface area contributed by atoms with Crippen molar-refractivity contribution in [3.8, 4) is 0 Å². The van der Waals surface area contributed by atoms with Crippen LogP contribution in [0.25, 0.3) is 0 Å². The largest absolute Gasteiger partial charge is 0.466 e. The monoisotopic (exact) mass is 185 g/mol. The Morgan fingerprint density at radius 3 is 2.77 bits per heavy atom. The van der Waals surface area contributed by atoms with Gasteiger partial charge in [-0.25, -0.2) is 0 Å². The molecule has 1 saturated heterocycles. The molecule has 0 aromatic heterocycles. The van der Waals surface area contributed by atoms with E-state index in [1.54, 1.807) is 0 Å². The fourth-order valence-corrected chi connectivity index (χ4v) is 1.75. The minimum atomic E-state index is -0.334. The summed E-state index contributed by atoms with van der Waals surface area (Å²) >= 11 is 0. The fourth-order valence-electron chi connectivity index (χ4n) is 1.75. The lowest BCUT2D eigenvalue weighted by Crippen LogP contribution is -2.35. The van der Waals surface area contributed by atoms with Gasteiger partial charge in [0.25, 0.3) is 0 Å². The van der Waals surface area contributed by atoms with Crippen LogP contribution in [-0.2, 0) is 9.53 Å². The maximum absolute atomic E-state index is 11.6. The second kappa shape index (κ2) is 4.09. The molecule has 0 radical (unpaired) electrons. The maximum atomic E-state index is 11.6. The van der Waals surface area contributed by atoms with E-state index in [4.69, 9.17) is 4.74 Å². The number of hydrogen-bond donors (Lipinski definition) is 1. The molecule has 1 heterocycles. The minimum Gasteiger partial charge on any atom is -0.466 e. The van der Waals surface area contributed by atoms with Gasteiger partial charge in [-0.05, 0) is 46.2 Å².